The van der Waals surface area contributed by atoms with Gasteiger partial charge in [-0.3, -0.25) is 9.59 Å². The van der Waals surface area contributed by atoms with Crippen LogP contribution in [-0.2, 0) is 4.79 Å². The summed E-state index contributed by atoms with van der Waals surface area (Å²) in [5.41, 5.74) is 2.36. The van der Waals surface area contributed by atoms with Crippen LogP contribution in [0.3, 0.4) is 0 Å². The maximum atomic E-state index is 12.0. The number of benzene rings is 2. The van der Waals surface area contributed by atoms with E-state index < -0.39 is 0 Å². The Balaban J connectivity index is 1.93. The van der Waals surface area contributed by atoms with Crippen molar-refractivity contribution in [1.82, 2.24) is 0 Å². The second kappa shape index (κ2) is 6.70. The lowest BCUT2D eigenvalue weighted by atomic mass is 10.1. The van der Waals surface area contributed by atoms with Crippen molar-refractivity contribution in [3.05, 3.63) is 59.7 Å². The number of anilines is 1. The molecule has 0 radical (unpaired) electrons. The summed E-state index contributed by atoms with van der Waals surface area (Å²) >= 11 is 0. The van der Waals surface area contributed by atoms with Crippen molar-refractivity contribution < 1.29 is 14.3 Å². The predicted octanol–water partition coefficient (Wildman–Crippen LogP) is 3.22. The number of Topliss-reactive ketones (excluding diaryl/α,β-unsaturated/α-hetero) is 1. The normalized spacial score (nSPS) is 10.0. The molecule has 1 amide bonds. The number of rotatable bonds is 5. The molecular weight excluding hydrogens is 266 g/mol. The zero-order chi connectivity index (χ0) is 15.2. The molecule has 0 aliphatic carbocycles. The highest BCUT2D eigenvalue weighted by atomic mass is 16.5. The van der Waals surface area contributed by atoms with Crippen molar-refractivity contribution in [2.45, 2.75) is 13.8 Å². The highest BCUT2D eigenvalue weighted by molar-refractivity contribution is 5.98. The van der Waals surface area contributed by atoms with Crippen LogP contribution in [0.1, 0.15) is 22.8 Å². The van der Waals surface area contributed by atoms with Crippen molar-refractivity contribution >= 4 is 17.4 Å². The molecule has 21 heavy (non-hydrogen) atoms. The maximum Gasteiger partial charge on any atom is 0.221 e. The monoisotopic (exact) mass is 283 g/mol. The van der Waals surface area contributed by atoms with E-state index in [9.17, 15) is 9.59 Å². The molecule has 0 spiro atoms. The molecule has 0 saturated carbocycles. The van der Waals surface area contributed by atoms with E-state index in [1.54, 1.807) is 24.3 Å². The fourth-order valence-corrected chi connectivity index (χ4v) is 1.81. The van der Waals surface area contributed by atoms with Crippen LogP contribution in [0.2, 0.25) is 0 Å². The molecule has 0 aliphatic heterocycles. The van der Waals surface area contributed by atoms with Gasteiger partial charge in [-0.2, -0.15) is 0 Å². The van der Waals surface area contributed by atoms with Gasteiger partial charge in [0.25, 0.3) is 0 Å². The summed E-state index contributed by atoms with van der Waals surface area (Å²) in [4.78, 5) is 22.9. The molecule has 0 atom stereocenters. The summed E-state index contributed by atoms with van der Waals surface area (Å²) in [5, 5.41) is 2.65. The van der Waals surface area contributed by atoms with E-state index >= 15 is 0 Å². The van der Waals surface area contributed by atoms with E-state index in [0.717, 1.165) is 5.56 Å². The van der Waals surface area contributed by atoms with Crippen molar-refractivity contribution in [2.24, 2.45) is 0 Å². The van der Waals surface area contributed by atoms with Gasteiger partial charge in [0, 0.05) is 18.2 Å². The van der Waals surface area contributed by atoms with Gasteiger partial charge in [-0.1, -0.05) is 17.7 Å². The molecule has 2 aromatic carbocycles. The average molecular weight is 283 g/mol. The molecule has 0 heterocycles. The van der Waals surface area contributed by atoms with Gasteiger partial charge < -0.3 is 10.1 Å². The first-order chi connectivity index (χ1) is 10.0. The molecule has 0 unspecified atom stereocenters. The lowest BCUT2D eigenvalue weighted by Gasteiger charge is -2.07. The van der Waals surface area contributed by atoms with E-state index in [0.29, 0.717) is 17.0 Å². The summed E-state index contributed by atoms with van der Waals surface area (Å²) in [6.07, 6.45) is 0. The number of carbonyl (C=O) groups is 2. The Kier molecular flexibility index (Phi) is 4.72. The van der Waals surface area contributed by atoms with E-state index in [1.165, 1.54) is 6.92 Å². The molecule has 0 aliphatic rings. The van der Waals surface area contributed by atoms with Crippen LogP contribution in [0.5, 0.6) is 5.75 Å². The average Bonchev–Trinajstić information content (AvgIpc) is 2.46. The van der Waals surface area contributed by atoms with Gasteiger partial charge in [-0.05, 0) is 43.3 Å². The van der Waals surface area contributed by atoms with Crippen LogP contribution in [0, 0.1) is 6.92 Å². The maximum absolute atomic E-state index is 12.0. The Labute approximate surface area is 123 Å². The molecule has 0 saturated heterocycles. The fraction of sp³-hybridized carbons (Fsp3) is 0.176. The molecule has 0 aromatic heterocycles. The number of amides is 1. The lowest BCUT2D eigenvalue weighted by Crippen LogP contribution is -2.12. The Morgan fingerprint density at radius 3 is 2.19 bits per heavy atom. The molecular formula is C17H17NO3. The first kappa shape index (κ1) is 14.8. The van der Waals surface area contributed by atoms with E-state index in [1.807, 2.05) is 31.2 Å². The third-order valence-electron chi connectivity index (χ3n) is 2.92. The van der Waals surface area contributed by atoms with Gasteiger partial charge >= 0.3 is 0 Å². The number of hydrogen-bond donors (Lipinski definition) is 1. The van der Waals surface area contributed by atoms with E-state index in [2.05, 4.69) is 5.32 Å². The highest BCUT2D eigenvalue weighted by Crippen LogP contribution is 2.13. The van der Waals surface area contributed by atoms with Gasteiger partial charge in [0.05, 0.1) is 0 Å². The van der Waals surface area contributed by atoms with Crippen molar-refractivity contribution in [1.29, 1.82) is 0 Å². The summed E-state index contributed by atoms with van der Waals surface area (Å²) in [5.74, 6) is 0.422. The Bertz CT molecular complexity index is 630. The fourth-order valence-electron chi connectivity index (χ4n) is 1.81. The SMILES string of the molecule is CC(=O)Nc1ccc(C(=O)COc2ccc(C)cc2)cc1. The number of ketones is 1. The third kappa shape index (κ3) is 4.45. The Morgan fingerprint density at radius 2 is 1.62 bits per heavy atom. The minimum Gasteiger partial charge on any atom is -0.485 e. The first-order valence-corrected chi connectivity index (χ1v) is 6.65. The second-order valence-corrected chi connectivity index (χ2v) is 4.78. The predicted molar refractivity (Wildman–Crippen MR) is 81.8 cm³/mol. The largest absolute Gasteiger partial charge is 0.485 e. The van der Waals surface area contributed by atoms with Gasteiger partial charge in [-0.15, -0.1) is 0 Å². The topological polar surface area (TPSA) is 55.4 Å². The number of ether oxygens (including phenoxy) is 1. The summed E-state index contributed by atoms with van der Waals surface area (Å²) in [7, 11) is 0. The second-order valence-electron chi connectivity index (χ2n) is 4.78. The third-order valence-corrected chi connectivity index (χ3v) is 2.92. The Hall–Kier alpha value is -2.62. The summed E-state index contributed by atoms with van der Waals surface area (Å²) < 4.78 is 5.45. The van der Waals surface area contributed by atoms with Crippen LogP contribution in [-0.4, -0.2) is 18.3 Å². The summed E-state index contributed by atoms with van der Waals surface area (Å²) in [6, 6.07) is 14.3. The van der Waals surface area contributed by atoms with Crippen LogP contribution in [0.15, 0.2) is 48.5 Å². The molecule has 1 N–H and O–H groups in total. The highest BCUT2D eigenvalue weighted by Gasteiger charge is 2.07. The summed E-state index contributed by atoms with van der Waals surface area (Å²) in [6.45, 7) is 3.42. The number of nitrogens with one attached hydrogen (secondary N) is 1. The van der Waals surface area contributed by atoms with Crippen molar-refractivity contribution in [2.75, 3.05) is 11.9 Å². The molecule has 2 aromatic rings. The molecule has 4 heteroatoms. The van der Waals surface area contributed by atoms with Crippen LogP contribution in [0.4, 0.5) is 5.69 Å². The zero-order valence-corrected chi connectivity index (χ0v) is 12.1. The molecule has 4 nitrogen and oxygen atoms in total. The smallest absolute Gasteiger partial charge is 0.221 e. The molecule has 108 valence electrons. The van der Waals surface area contributed by atoms with Gasteiger partial charge in [0.2, 0.25) is 5.91 Å². The van der Waals surface area contributed by atoms with Gasteiger partial charge in [0.15, 0.2) is 12.4 Å². The minimum absolute atomic E-state index is 0.0114. The van der Waals surface area contributed by atoms with Gasteiger partial charge in [0.1, 0.15) is 5.75 Å². The lowest BCUT2D eigenvalue weighted by molar-refractivity contribution is -0.114. The van der Waals surface area contributed by atoms with E-state index in [4.69, 9.17) is 4.74 Å². The zero-order valence-electron chi connectivity index (χ0n) is 12.1. The molecule has 0 fully saturated rings. The van der Waals surface area contributed by atoms with Crippen molar-refractivity contribution in [3.8, 4) is 5.75 Å². The van der Waals surface area contributed by atoms with Crippen molar-refractivity contribution in [3.63, 3.8) is 0 Å². The van der Waals surface area contributed by atoms with Crippen LogP contribution < -0.4 is 10.1 Å². The number of carbonyl (C=O) groups excluding carboxylic acids is 2. The van der Waals surface area contributed by atoms with Gasteiger partial charge in [-0.25, -0.2) is 0 Å². The van der Waals surface area contributed by atoms with E-state index in [-0.39, 0.29) is 18.3 Å². The number of hydrogen-bond acceptors (Lipinski definition) is 3. The quantitative estimate of drug-likeness (QED) is 0.857. The van der Waals surface area contributed by atoms with Crippen LogP contribution >= 0.6 is 0 Å². The molecule has 0 bridgehead atoms. The van der Waals surface area contributed by atoms with Crippen LogP contribution in [0.25, 0.3) is 0 Å². The number of aryl methyl sites for hydroxylation is 1. The Morgan fingerprint density at radius 1 is 1.00 bits per heavy atom. The standard InChI is InChI=1S/C17H17NO3/c1-12-3-9-16(10-4-12)21-11-17(20)14-5-7-15(8-6-14)18-13(2)19/h3-10H,11H2,1-2H3,(H,18,19). The minimum atomic E-state index is -0.142. The first-order valence-electron chi connectivity index (χ1n) is 6.65. The molecule has 2 rings (SSSR count).